The van der Waals surface area contributed by atoms with Crippen LogP contribution in [0.3, 0.4) is 0 Å². The Morgan fingerprint density at radius 2 is 2.04 bits per heavy atom. The van der Waals surface area contributed by atoms with E-state index in [9.17, 15) is 4.79 Å². The number of Topliss-reactive ketones (excluding diaryl/α,β-unsaturated/α-hetero) is 1. The van der Waals surface area contributed by atoms with E-state index < -0.39 is 0 Å². The Labute approximate surface area is 158 Å². The van der Waals surface area contributed by atoms with Gasteiger partial charge in [-0.3, -0.25) is 4.79 Å². The molecule has 0 amide bonds. The van der Waals surface area contributed by atoms with E-state index >= 15 is 0 Å². The molecular weight excluding hydrogens is 340 g/mol. The van der Waals surface area contributed by atoms with Crippen molar-refractivity contribution in [2.75, 3.05) is 36.8 Å². The summed E-state index contributed by atoms with van der Waals surface area (Å²) in [5, 5.41) is 3.32. The van der Waals surface area contributed by atoms with Gasteiger partial charge in [0.25, 0.3) is 0 Å². The molecular formula is C21H22N4O2. The Balaban J connectivity index is 1.49. The van der Waals surface area contributed by atoms with Crippen molar-refractivity contribution in [3.05, 3.63) is 66.1 Å². The molecule has 0 bridgehead atoms. The van der Waals surface area contributed by atoms with Crippen LogP contribution in [0, 0.1) is 0 Å². The molecule has 1 aromatic carbocycles. The first-order valence-corrected chi connectivity index (χ1v) is 9.08. The Kier molecular flexibility index (Phi) is 4.89. The molecule has 3 heterocycles. The summed E-state index contributed by atoms with van der Waals surface area (Å²) in [6.07, 6.45) is 3.52. The van der Waals surface area contributed by atoms with Crippen LogP contribution in [0.25, 0.3) is 11.3 Å². The SMILES string of the molecule is Nc1ccc(-c2ccco2)cc1CC(=O)c1ccc(N2CCNCC2)nc1. The highest BCUT2D eigenvalue weighted by Crippen LogP contribution is 2.25. The minimum absolute atomic E-state index is 0.00217. The van der Waals surface area contributed by atoms with Crippen LogP contribution in [-0.4, -0.2) is 36.9 Å². The van der Waals surface area contributed by atoms with Gasteiger partial charge in [0, 0.05) is 55.6 Å². The molecule has 6 nitrogen and oxygen atoms in total. The number of nitrogens with zero attached hydrogens (tertiary/aromatic N) is 2. The number of nitrogens with one attached hydrogen (secondary N) is 1. The number of ketones is 1. The summed E-state index contributed by atoms with van der Waals surface area (Å²) in [5.74, 6) is 1.66. The monoisotopic (exact) mass is 362 g/mol. The Morgan fingerprint density at radius 3 is 2.74 bits per heavy atom. The molecule has 0 spiro atoms. The molecule has 27 heavy (non-hydrogen) atoms. The normalized spacial score (nSPS) is 14.3. The van der Waals surface area contributed by atoms with Gasteiger partial charge >= 0.3 is 0 Å². The standard InChI is InChI=1S/C21H22N4O2/c22-18-5-3-15(20-2-1-11-27-20)12-17(18)13-19(26)16-4-6-21(24-14-16)25-9-7-23-8-10-25/h1-6,11-12,14,23H,7-10,13,22H2. The predicted octanol–water partition coefficient (Wildman–Crippen LogP) is 2.76. The quantitative estimate of drug-likeness (QED) is 0.536. The van der Waals surface area contributed by atoms with Crippen molar-refractivity contribution >= 4 is 17.3 Å². The molecule has 1 aliphatic heterocycles. The van der Waals surface area contributed by atoms with Crippen LogP contribution in [0.1, 0.15) is 15.9 Å². The maximum Gasteiger partial charge on any atom is 0.168 e. The number of aromatic nitrogens is 1. The molecule has 1 fully saturated rings. The maximum atomic E-state index is 12.7. The second kappa shape index (κ2) is 7.63. The molecule has 0 unspecified atom stereocenters. The second-order valence-electron chi connectivity index (χ2n) is 6.63. The number of nitrogen functional groups attached to an aromatic ring is 1. The number of hydrogen-bond acceptors (Lipinski definition) is 6. The van der Waals surface area contributed by atoms with Gasteiger partial charge in [-0.05, 0) is 48.0 Å². The van der Waals surface area contributed by atoms with Gasteiger partial charge < -0.3 is 20.4 Å². The lowest BCUT2D eigenvalue weighted by Gasteiger charge is -2.28. The highest BCUT2D eigenvalue weighted by atomic mass is 16.3. The minimum Gasteiger partial charge on any atom is -0.464 e. The number of furan rings is 1. The van der Waals surface area contributed by atoms with Crippen LogP contribution in [0.4, 0.5) is 11.5 Å². The second-order valence-corrected chi connectivity index (χ2v) is 6.63. The van der Waals surface area contributed by atoms with Crippen LogP contribution in [-0.2, 0) is 6.42 Å². The van der Waals surface area contributed by atoms with Crippen molar-refractivity contribution in [1.82, 2.24) is 10.3 Å². The third kappa shape index (κ3) is 3.85. The highest BCUT2D eigenvalue weighted by molar-refractivity contribution is 5.98. The van der Waals surface area contributed by atoms with Crippen molar-refractivity contribution in [3.8, 4) is 11.3 Å². The first-order chi connectivity index (χ1) is 13.2. The Bertz CT molecular complexity index is 914. The van der Waals surface area contributed by atoms with E-state index in [1.165, 1.54) is 0 Å². The zero-order valence-electron chi connectivity index (χ0n) is 15.0. The summed E-state index contributed by atoms with van der Waals surface area (Å²) in [5.41, 5.74) is 8.97. The van der Waals surface area contributed by atoms with Gasteiger partial charge in [0.2, 0.25) is 0 Å². The molecule has 0 saturated carbocycles. The lowest BCUT2D eigenvalue weighted by atomic mass is 10.00. The van der Waals surface area contributed by atoms with Crippen LogP contribution in [0.15, 0.2) is 59.3 Å². The molecule has 4 rings (SSSR count). The highest BCUT2D eigenvalue weighted by Gasteiger charge is 2.14. The van der Waals surface area contributed by atoms with Crippen molar-refractivity contribution in [2.45, 2.75) is 6.42 Å². The fraction of sp³-hybridized carbons (Fsp3) is 0.238. The zero-order valence-corrected chi connectivity index (χ0v) is 15.0. The number of nitrogens with two attached hydrogens (primary N) is 1. The molecule has 2 aromatic heterocycles. The predicted molar refractivity (Wildman–Crippen MR) is 106 cm³/mol. The van der Waals surface area contributed by atoms with Gasteiger partial charge in [-0.2, -0.15) is 0 Å². The van der Waals surface area contributed by atoms with Crippen molar-refractivity contribution in [1.29, 1.82) is 0 Å². The van der Waals surface area contributed by atoms with E-state index in [2.05, 4.69) is 15.2 Å². The third-order valence-corrected chi connectivity index (χ3v) is 4.81. The van der Waals surface area contributed by atoms with Crippen molar-refractivity contribution in [2.24, 2.45) is 0 Å². The summed E-state index contributed by atoms with van der Waals surface area (Å²) < 4.78 is 5.43. The van der Waals surface area contributed by atoms with Crippen LogP contribution < -0.4 is 16.0 Å². The van der Waals surface area contributed by atoms with Crippen LogP contribution in [0.2, 0.25) is 0 Å². The number of rotatable bonds is 5. The molecule has 1 saturated heterocycles. The van der Waals surface area contributed by atoms with Gasteiger partial charge in [0.05, 0.1) is 6.26 Å². The number of piperazine rings is 1. The average molecular weight is 362 g/mol. The molecule has 0 atom stereocenters. The lowest BCUT2D eigenvalue weighted by Crippen LogP contribution is -2.43. The number of carbonyl (C=O) groups excluding carboxylic acids is 1. The topological polar surface area (TPSA) is 84.4 Å². The largest absolute Gasteiger partial charge is 0.464 e. The Morgan fingerprint density at radius 1 is 1.19 bits per heavy atom. The average Bonchev–Trinajstić information content (AvgIpc) is 3.25. The van der Waals surface area contributed by atoms with E-state index in [1.807, 2.05) is 42.5 Å². The van der Waals surface area contributed by atoms with Gasteiger partial charge in [-0.25, -0.2) is 4.98 Å². The fourth-order valence-electron chi connectivity index (χ4n) is 3.26. The number of anilines is 2. The number of hydrogen-bond donors (Lipinski definition) is 2. The summed E-state index contributed by atoms with van der Waals surface area (Å²) >= 11 is 0. The molecule has 0 aliphatic carbocycles. The first kappa shape index (κ1) is 17.3. The molecule has 6 heteroatoms. The molecule has 3 aromatic rings. The molecule has 138 valence electrons. The number of pyridine rings is 1. The minimum atomic E-state index is -0.00217. The van der Waals surface area contributed by atoms with E-state index in [4.69, 9.17) is 10.2 Å². The number of benzene rings is 1. The van der Waals surface area contributed by atoms with Crippen molar-refractivity contribution < 1.29 is 9.21 Å². The van der Waals surface area contributed by atoms with Crippen LogP contribution >= 0.6 is 0 Å². The van der Waals surface area contributed by atoms with E-state index in [0.29, 0.717) is 11.3 Å². The summed E-state index contributed by atoms with van der Waals surface area (Å²) in [7, 11) is 0. The van der Waals surface area contributed by atoms with E-state index in [-0.39, 0.29) is 12.2 Å². The van der Waals surface area contributed by atoms with Gasteiger partial charge in [-0.15, -0.1) is 0 Å². The molecule has 3 N–H and O–H groups in total. The van der Waals surface area contributed by atoms with E-state index in [0.717, 1.165) is 48.9 Å². The lowest BCUT2D eigenvalue weighted by molar-refractivity contribution is 0.0993. The van der Waals surface area contributed by atoms with Gasteiger partial charge in [0.1, 0.15) is 11.6 Å². The summed E-state index contributed by atoms with van der Waals surface area (Å²) in [4.78, 5) is 19.4. The Hall–Kier alpha value is -3.12. The van der Waals surface area contributed by atoms with Gasteiger partial charge in [0.15, 0.2) is 5.78 Å². The fourth-order valence-corrected chi connectivity index (χ4v) is 3.26. The summed E-state index contributed by atoms with van der Waals surface area (Å²) in [6, 6.07) is 13.1. The van der Waals surface area contributed by atoms with E-state index in [1.54, 1.807) is 12.5 Å². The number of carbonyl (C=O) groups is 1. The smallest absolute Gasteiger partial charge is 0.168 e. The maximum absolute atomic E-state index is 12.7. The first-order valence-electron chi connectivity index (χ1n) is 9.08. The van der Waals surface area contributed by atoms with Crippen LogP contribution in [0.5, 0.6) is 0 Å². The van der Waals surface area contributed by atoms with Crippen molar-refractivity contribution in [3.63, 3.8) is 0 Å². The molecule has 1 aliphatic rings. The summed E-state index contributed by atoms with van der Waals surface area (Å²) in [6.45, 7) is 3.76. The third-order valence-electron chi connectivity index (χ3n) is 4.81. The molecule has 0 radical (unpaired) electrons. The zero-order chi connectivity index (χ0) is 18.6. The van der Waals surface area contributed by atoms with Gasteiger partial charge in [-0.1, -0.05) is 0 Å².